The Labute approximate surface area is 158 Å². The largest absolute Gasteiger partial charge is 0.481 e. The number of carbonyl (C=O) groups is 1. The SMILES string of the molecule is CCC[C@H](C(=O)O)[C@H](Cc1ccc(C2CCNCC2O)cc1)c1nn[nH]n1. The fourth-order valence-corrected chi connectivity index (χ4v) is 3.93. The number of benzene rings is 1. The first kappa shape index (κ1) is 19.4. The van der Waals surface area contributed by atoms with Crippen molar-refractivity contribution in [3.63, 3.8) is 0 Å². The lowest BCUT2D eigenvalue weighted by molar-refractivity contribution is -0.142. The van der Waals surface area contributed by atoms with Gasteiger partial charge in [0, 0.05) is 18.4 Å². The molecule has 8 nitrogen and oxygen atoms in total. The highest BCUT2D eigenvalue weighted by Gasteiger charge is 2.32. The molecular formula is C19H27N5O3. The quantitative estimate of drug-likeness (QED) is 0.552. The first-order chi connectivity index (χ1) is 13.1. The summed E-state index contributed by atoms with van der Waals surface area (Å²) in [4.78, 5) is 11.8. The van der Waals surface area contributed by atoms with Crippen molar-refractivity contribution in [1.29, 1.82) is 0 Å². The lowest BCUT2D eigenvalue weighted by Crippen LogP contribution is -2.39. The summed E-state index contributed by atoms with van der Waals surface area (Å²) in [6.07, 6.45) is 2.40. The summed E-state index contributed by atoms with van der Waals surface area (Å²) in [6, 6.07) is 8.11. The molecule has 0 radical (unpaired) electrons. The van der Waals surface area contributed by atoms with Crippen LogP contribution in [-0.2, 0) is 11.2 Å². The van der Waals surface area contributed by atoms with Gasteiger partial charge in [-0.05, 0) is 36.9 Å². The Kier molecular flexibility index (Phi) is 6.52. The predicted molar refractivity (Wildman–Crippen MR) is 99.3 cm³/mol. The van der Waals surface area contributed by atoms with Gasteiger partial charge in [0.2, 0.25) is 0 Å². The van der Waals surface area contributed by atoms with Crippen LogP contribution in [0.1, 0.15) is 55.0 Å². The Balaban J connectivity index is 1.78. The van der Waals surface area contributed by atoms with E-state index in [0.29, 0.717) is 25.2 Å². The third-order valence-corrected chi connectivity index (χ3v) is 5.41. The maximum atomic E-state index is 11.8. The second-order valence-electron chi connectivity index (χ2n) is 7.22. The highest BCUT2D eigenvalue weighted by Crippen LogP contribution is 2.31. The van der Waals surface area contributed by atoms with E-state index >= 15 is 0 Å². The van der Waals surface area contributed by atoms with Crippen LogP contribution in [0.25, 0.3) is 0 Å². The molecule has 0 spiro atoms. The molecule has 1 saturated heterocycles. The van der Waals surface area contributed by atoms with E-state index in [4.69, 9.17) is 0 Å². The van der Waals surface area contributed by atoms with Gasteiger partial charge in [-0.15, -0.1) is 10.2 Å². The minimum Gasteiger partial charge on any atom is -0.481 e. The summed E-state index contributed by atoms with van der Waals surface area (Å²) in [5.41, 5.74) is 2.14. The standard InChI is InChI=1S/C19H27N5O3/c1-2-3-15(19(26)27)16(18-21-23-24-22-18)10-12-4-6-13(7-5-12)14-8-9-20-11-17(14)25/h4-7,14-17,20,25H,2-3,8-11H2,1H3,(H,26,27)(H,21,22,23,24)/t14?,15-,16-,17?/m0/s1. The summed E-state index contributed by atoms with van der Waals surface area (Å²) < 4.78 is 0. The van der Waals surface area contributed by atoms with Crippen LogP contribution in [0, 0.1) is 5.92 Å². The molecular weight excluding hydrogens is 346 g/mol. The Morgan fingerprint density at radius 1 is 1.33 bits per heavy atom. The van der Waals surface area contributed by atoms with Crippen molar-refractivity contribution in [2.75, 3.05) is 13.1 Å². The molecule has 8 heteroatoms. The minimum absolute atomic E-state index is 0.139. The molecule has 1 aromatic carbocycles. The fraction of sp³-hybridized carbons (Fsp3) is 0.579. The van der Waals surface area contributed by atoms with Gasteiger partial charge in [-0.1, -0.05) is 42.8 Å². The predicted octanol–water partition coefficient (Wildman–Crippen LogP) is 1.46. The van der Waals surface area contributed by atoms with Crippen LogP contribution in [0.2, 0.25) is 0 Å². The van der Waals surface area contributed by atoms with Crippen molar-refractivity contribution in [3.8, 4) is 0 Å². The van der Waals surface area contributed by atoms with Crippen molar-refractivity contribution in [1.82, 2.24) is 25.9 Å². The third kappa shape index (κ3) is 4.70. The summed E-state index contributed by atoms with van der Waals surface area (Å²) in [7, 11) is 0. The number of aromatic nitrogens is 4. The third-order valence-electron chi connectivity index (χ3n) is 5.41. The van der Waals surface area contributed by atoms with Crippen molar-refractivity contribution in [2.24, 2.45) is 5.92 Å². The summed E-state index contributed by atoms with van der Waals surface area (Å²) in [5, 5.41) is 37.2. The highest BCUT2D eigenvalue weighted by molar-refractivity contribution is 5.71. The lowest BCUT2D eigenvalue weighted by Gasteiger charge is -2.29. The molecule has 4 N–H and O–H groups in total. The van der Waals surface area contributed by atoms with E-state index in [0.717, 1.165) is 30.5 Å². The number of rotatable bonds is 8. The normalized spacial score (nSPS) is 22.3. The molecule has 27 heavy (non-hydrogen) atoms. The molecule has 0 saturated carbocycles. The number of hydrogen-bond donors (Lipinski definition) is 4. The Morgan fingerprint density at radius 2 is 2.11 bits per heavy atom. The van der Waals surface area contributed by atoms with Crippen molar-refractivity contribution in [3.05, 3.63) is 41.2 Å². The number of nitrogens with one attached hydrogen (secondary N) is 2. The van der Waals surface area contributed by atoms with E-state index in [1.165, 1.54) is 0 Å². The first-order valence-corrected chi connectivity index (χ1v) is 9.54. The molecule has 1 aromatic heterocycles. The van der Waals surface area contributed by atoms with Crippen LogP contribution >= 0.6 is 0 Å². The maximum Gasteiger partial charge on any atom is 0.307 e. The van der Waals surface area contributed by atoms with Crippen molar-refractivity contribution >= 4 is 5.97 Å². The molecule has 2 aromatic rings. The zero-order chi connectivity index (χ0) is 19.2. The summed E-state index contributed by atoms with van der Waals surface area (Å²) in [5.74, 6) is -1.15. The second-order valence-corrected chi connectivity index (χ2v) is 7.22. The van der Waals surface area contributed by atoms with Gasteiger partial charge >= 0.3 is 5.97 Å². The van der Waals surface area contributed by atoms with E-state index in [9.17, 15) is 15.0 Å². The first-order valence-electron chi connectivity index (χ1n) is 9.54. The van der Waals surface area contributed by atoms with Crippen LogP contribution < -0.4 is 5.32 Å². The Morgan fingerprint density at radius 3 is 2.70 bits per heavy atom. The van der Waals surface area contributed by atoms with E-state index in [2.05, 4.69) is 25.9 Å². The summed E-state index contributed by atoms with van der Waals surface area (Å²) in [6.45, 7) is 3.49. The molecule has 0 aliphatic carbocycles. The number of carboxylic acid groups (broad SMARTS) is 1. The maximum absolute atomic E-state index is 11.8. The van der Waals surface area contributed by atoms with Gasteiger partial charge in [0.05, 0.1) is 12.0 Å². The van der Waals surface area contributed by atoms with Gasteiger partial charge in [0.15, 0.2) is 5.82 Å². The van der Waals surface area contributed by atoms with E-state index in [1.54, 1.807) is 0 Å². The molecule has 0 amide bonds. The van der Waals surface area contributed by atoms with Gasteiger partial charge in [-0.2, -0.15) is 5.21 Å². The molecule has 146 valence electrons. The van der Waals surface area contributed by atoms with Crippen molar-refractivity contribution < 1.29 is 15.0 Å². The number of aliphatic hydroxyl groups excluding tert-OH is 1. The fourth-order valence-electron chi connectivity index (χ4n) is 3.93. The molecule has 1 aliphatic heterocycles. The number of aromatic amines is 1. The monoisotopic (exact) mass is 373 g/mol. The van der Waals surface area contributed by atoms with Crippen LogP contribution in [0.4, 0.5) is 0 Å². The van der Waals surface area contributed by atoms with Gasteiger partial charge in [-0.3, -0.25) is 4.79 Å². The van der Waals surface area contributed by atoms with Gasteiger partial charge in [0.1, 0.15) is 0 Å². The summed E-state index contributed by atoms with van der Waals surface area (Å²) >= 11 is 0. The number of H-pyrrole nitrogens is 1. The molecule has 1 aliphatic rings. The average Bonchev–Trinajstić information content (AvgIpc) is 3.20. The van der Waals surface area contributed by atoms with E-state index < -0.39 is 11.9 Å². The number of hydrogen-bond acceptors (Lipinski definition) is 6. The zero-order valence-electron chi connectivity index (χ0n) is 15.5. The Hall–Kier alpha value is -2.32. The molecule has 1 fully saturated rings. The molecule has 4 atom stereocenters. The number of tetrazole rings is 1. The van der Waals surface area contributed by atoms with Crippen LogP contribution in [0.5, 0.6) is 0 Å². The van der Waals surface area contributed by atoms with E-state index in [-0.39, 0.29) is 17.9 Å². The number of carboxylic acids is 1. The smallest absolute Gasteiger partial charge is 0.307 e. The number of aliphatic carboxylic acids is 1. The van der Waals surface area contributed by atoms with Gasteiger partial charge in [0.25, 0.3) is 0 Å². The van der Waals surface area contributed by atoms with E-state index in [1.807, 2.05) is 31.2 Å². The van der Waals surface area contributed by atoms with Crippen LogP contribution in [0.15, 0.2) is 24.3 Å². The van der Waals surface area contributed by atoms with Crippen LogP contribution in [0.3, 0.4) is 0 Å². The topological polar surface area (TPSA) is 124 Å². The minimum atomic E-state index is -0.832. The highest BCUT2D eigenvalue weighted by atomic mass is 16.4. The number of piperidine rings is 1. The number of nitrogens with zero attached hydrogens (tertiary/aromatic N) is 3. The zero-order valence-corrected chi connectivity index (χ0v) is 15.5. The van der Waals surface area contributed by atoms with Gasteiger partial charge in [-0.25, -0.2) is 0 Å². The molecule has 2 heterocycles. The average molecular weight is 373 g/mol. The molecule has 2 unspecified atom stereocenters. The number of β-amino-alcohol motifs (C(OH)–C–C–N with tert-alkyl or cyclic N) is 1. The molecule has 3 rings (SSSR count). The number of aliphatic hydroxyl groups is 1. The molecule has 0 bridgehead atoms. The second kappa shape index (κ2) is 9.05. The lowest BCUT2D eigenvalue weighted by atomic mass is 9.82. The van der Waals surface area contributed by atoms with Crippen LogP contribution in [-0.4, -0.2) is 56.0 Å². The Bertz CT molecular complexity index is 719. The van der Waals surface area contributed by atoms with Crippen molar-refractivity contribution in [2.45, 2.75) is 50.5 Å². The van der Waals surface area contributed by atoms with Gasteiger partial charge < -0.3 is 15.5 Å².